The van der Waals surface area contributed by atoms with Crippen molar-refractivity contribution in [2.45, 2.75) is 0 Å². The van der Waals surface area contributed by atoms with E-state index in [1.807, 2.05) is 24.3 Å². The highest BCUT2D eigenvalue weighted by molar-refractivity contribution is 5.77. The molecule has 104 valence electrons. The van der Waals surface area contributed by atoms with Crippen LogP contribution in [-0.2, 0) is 0 Å². The Morgan fingerprint density at radius 3 is 2.90 bits per heavy atom. The lowest BCUT2D eigenvalue weighted by atomic mass is 10.3. The maximum atomic E-state index is 6.03. The van der Waals surface area contributed by atoms with Crippen molar-refractivity contribution in [2.75, 3.05) is 30.0 Å². The second kappa shape index (κ2) is 6.42. The second-order valence-electron chi connectivity index (χ2n) is 4.01. The third-order valence-electron chi connectivity index (χ3n) is 2.63. The predicted octanol–water partition coefficient (Wildman–Crippen LogP) is 2.41. The first kappa shape index (κ1) is 13.7. The van der Waals surface area contributed by atoms with Crippen LogP contribution >= 0.6 is 0 Å². The SMILES string of the molecule is C=CCNc1ncnc(Nc2cccc(OC)c2)c1N. The monoisotopic (exact) mass is 271 g/mol. The van der Waals surface area contributed by atoms with E-state index in [1.165, 1.54) is 6.33 Å². The van der Waals surface area contributed by atoms with Crippen molar-refractivity contribution in [1.82, 2.24) is 9.97 Å². The molecule has 0 aliphatic heterocycles. The average molecular weight is 271 g/mol. The molecule has 0 saturated heterocycles. The summed E-state index contributed by atoms with van der Waals surface area (Å²) in [6, 6.07) is 7.51. The van der Waals surface area contributed by atoms with Crippen LogP contribution in [0.15, 0.2) is 43.2 Å². The molecule has 1 aromatic heterocycles. The van der Waals surface area contributed by atoms with Crippen LogP contribution in [0.2, 0.25) is 0 Å². The van der Waals surface area contributed by atoms with Gasteiger partial charge in [0.1, 0.15) is 17.8 Å². The molecular formula is C14H17N5O. The summed E-state index contributed by atoms with van der Waals surface area (Å²) in [5, 5.41) is 6.19. The van der Waals surface area contributed by atoms with Crippen LogP contribution in [0, 0.1) is 0 Å². The molecule has 2 rings (SSSR count). The van der Waals surface area contributed by atoms with E-state index >= 15 is 0 Å². The van der Waals surface area contributed by atoms with Gasteiger partial charge in [0.15, 0.2) is 11.6 Å². The minimum atomic E-state index is 0.456. The van der Waals surface area contributed by atoms with Gasteiger partial charge in [0, 0.05) is 18.3 Å². The van der Waals surface area contributed by atoms with Gasteiger partial charge in [-0.1, -0.05) is 12.1 Å². The molecule has 20 heavy (non-hydrogen) atoms. The van der Waals surface area contributed by atoms with E-state index in [0.717, 1.165) is 11.4 Å². The number of hydrogen-bond donors (Lipinski definition) is 3. The first-order chi connectivity index (χ1) is 9.74. The van der Waals surface area contributed by atoms with Crippen LogP contribution in [0.4, 0.5) is 23.0 Å². The first-order valence-corrected chi connectivity index (χ1v) is 6.11. The molecule has 0 aliphatic rings. The summed E-state index contributed by atoms with van der Waals surface area (Å²) in [5.41, 5.74) is 7.32. The van der Waals surface area contributed by atoms with Gasteiger partial charge in [0.25, 0.3) is 0 Å². The van der Waals surface area contributed by atoms with Gasteiger partial charge in [-0.05, 0) is 12.1 Å². The Balaban J connectivity index is 2.22. The summed E-state index contributed by atoms with van der Waals surface area (Å²) in [6.07, 6.45) is 3.18. The molecule has 0 atom stereocenters. The van der Waals surface area contributed by atoms with Crippen molar-refractivity contribution in [3.8, 4) is 5.75 Å². The number of benzene rings is 1. The van der Waals surface area contributed by atoms with Gasteiger partial charge in [-0.25, -0.2) is 9.97 Å². The Morgan fingerprint density at radius 1 is 1.35 bits per heavy atom. The molecule has 0 saturated carbocycles. The number of nitrogens with zero attached hydrogens (tertiary/aromatic N) is 2. The number of rotatable bonds is 6. The highest BCUT2D eigenvalue weighted by Gasteiger charge is 2.07. The lowest BCUT2D eigenvalue weighted by Gasteiger charge is -2.12. The molecule has 0 amide bonds. The third-order valence-corrected chi connectivity index (χ3v) is 2.63. The third kappa shape index (κ3) is 3.17. The molecule has 0 radical (unpaired) electrons. The van der Waals surface area contributed by atoms with Crippen molar-refractivity contribution in [2.24, 2.45) is 0 Å². The van der Waals surface area contributed by atoms with Crippen molar-refractivity contribution in [1.29, 1.82) is 0 Å². The molecule has 2 aromatic rings. The minimum Gasteiger partial charge on any atom is -0.497 e. The number of nitrogens with two attached hydrogens (primary N) is 1. The molecule has 6 nitrogen and oxygen atoms in total. The van der Waals surface area contributed by atoms with E-state index in [4.69, 9.17) is 10.5 Å². The van der Waals surface area contributed by atoms with E-state index in [9.17, 15) is 0 Å². The number of nitrogens with one attached hydrogen (secondary N) is 2. The fourth-order valence-electron chi connectivity index (χ4n) is 1.64. The Hall–Kier alpha value is -2.76. The molecular weight excluding hydrogens is 254 g/mol. The Labute approximate surface area is 117 Å². The molecule has 0 fully saturated rings. The number of nitrogen functional groups attached to an aromatic ring is 1. The maximum Gasteiger partial charge on any atom is 0.159 e. The van der Waals surface area contributed by atoms with Crippen molar-refractivity contribution < 1.29 is 4.74 Å². The summed E-state index contributed by atoms with van der Waals surface area (Å²) < 4.78 is 5.17. The first-order valence-electron chi connectivity index (χ1n) is 6.11. The molecule has 0 spiro atoms. The second-order valence-corrected chi connectivity index (χ2v) is 4.01. The van der Waals surface area contributed by atoms with E-state index < -0.39 is 0 Å². The lowest BCUT2D eigenvalue weighted by molar-refractivity contribution is 0.415. The normalized spacial score (nSPS) is 9.85. The standard InChI is InChI=1S/C14H17N5O/c1-3-7-16-13-12(15)14(18-9-17-13)19-10-5-4-6-11(8-10)20-2/h3-6,8-9H,1,7,15H2,2H3,(H2,16,17,18,19). The molecule has 0 unspecified atom stereocenters. The van der Waals surface area contributed by atoms with Crippen LogP contribution in [0.5, 0.6) is 5.75 Å². The molecule has 6 heteroatoms. The van der Waals surface area contributed by atoms with Crippen molar-refractivity contribution in [3.05, 3.63) is 43.2 Å². The fraction of sp³-hybridized carbons (Fsp3) is 0.143. The number of anilines is 4. The highest BCUT2D eigenvalue weighted by atomic mass is 16.5. The summed E-state index contributed by atoms with van der Waals surface area (Å²) in [5.74, 6) is 1.87. The van der Waals surface area contributed by atoms with Crippen molar-refractivity contribution in [3.63, 3.8) is 0 Å². The van der Waals surface area contributed by atoms with E-state index in [1.54, 1.807) is 13.2 Å². The van der Waals surface area contributed by atoms with Crippen LogP contribution in [0.1, 0.15) is 0 Å². The van der Waals surface area contributed by atoms with Crippen LogP contribution in [0.25, 0.3) is 0 Å². The number of ether oxygens (including phenoxy) is 1. The zero-order valence-corrected chi connectivity index (χ0v) is 11.3. The number of hydrogen-bond acceptors (Lipinski definition) is 6. The predicted molar refractivity (Wildman–Crippen MR) is 81.4 cm³/mol. The lowest BCUT2D eigenvalue weighted by Crippen LogP contribution is -2.07. The van der Waals surface area contributed by atoms with Crippen LogP contribution in [-0.4, -0.2) is 23.6 Å². The summed E-state index contributed by atoms with van der Waals surface area (Å²) >= 11 is 0. The molecule has 4 N–H and O–H groups in total. The molecule has 0 bridgehead atoms. The molecule has 1 aromatic carbocycles. The van der Waals surface area contributed by atoms with Gasteiger partial charge in [-0.2, -0.15) is 0 Å². The highest BCUT2D eigenvalue weighted by Crippen LogP contribution is 2.27. The van der Waals surface area contributed by atoms with Crippen LogP contribution in [0.3, 0.4) is 0 Å². The fourth-order valence-corrected chi connectivity index (χ4v) is 1.64. The van der Waals surface area contributed by atoms with Gasteiger partial charge in [-0.3, -0.25) is 0 Å². The topological polar surface area (TPSA) is 85.1 Å². The van der Waals surface area contributed by atoms with Gasteiger partial charge in [0.05, 0.1) is 7.11 Å². The number of aromatic nitrogens is 2. The zero-order chi connectivity index (χ0) is 14.4. The van der Waals surface area contributed by atoms with Gasteiger partial charge in [0.2, 0.25) is 0 Å². The summed E-state index contributed by atoms with van der Waals surface area (Å²) in [4.78, 5) is 8.24. The van der Waals surface area contributed by atoms with E-state index in [-0.39, 0.29) is 0 Å². The van der Waals surface area contributed by atoms with Crippen LogP contribution < -0.4 is 21.1 Å². The Bertz CT molecular complexity index is 600. The summed E-state index contributed by atoms with van der Waals surface area (Å²) in [7, 11) is 1.62. The van der Waals surface area contributed by atoms with Gasteiger partial charge in [-0.15, -0.1) is 6.58 Å². The average Bonchev–Trinajstić information content (AvgIpc) is 2.48. The zero-order valence-electron chi connectivity index (χ0n) is 11.3. The van der Waals surface area contributed by atoms with E-state index in [0.29, 0.717) is 23.9 Å². The quantitative estimate of drug-likeness (QED) is 0.700. The van der Waals surface area contributed by atoms with Gasteiger partial charge < -0.3 is 21.1 Å². The van der Waals surface area contributed by atoms with E-state index in [2.05, 4.69) is 27.2 Å². The number of methoxy groups -OCH3 is 1. The Morgan fingerprint density at radius 2 is 2.15 bits per heavy atom. The Kier molecular flexibility index (Phi) is 4.39. The molecule has 1 heterocycles. The molecule has 0 aliphatic carbocycles. The summed E-state index contributed by atoms with van der Waals surface area (Å²) in [6.45, 7) is 4.22. The van der Waals surface area contributed by atoms with Gasteiger partial charge >= 0.3 is 0 Å². The largest absolute Gasteiger partial charge is 0.497 e. The van der Waals surface area contributed by atoms with Crippen molar-refractivity contribution >= 4 is 23.0 Å². The maximum absolute atomic E-state index is 6.03. The smallest absolute Gasteiger partial charge is 0.159 e. The minimum absolute atomic E-state index is 0.456.